The van der Waals surface area contributed by atoms with E-state index in [0.29, 0.717) is 17.2 Å². The van der Waals surface area contributed by atoms with E-state index in [9.17, 15) is 9.59 Å². The van der Waals surface area contributed by atoms with Gasteiger partial charge >= 0.3 is 0 Å². The first kappa shape index (κ1) is 18.1. The van der Waals surface area contributed by atoms with Crippen LogP contribution >= 0.6 is 11.8 Å². The number of hydrogen-bond acceptors (Lipinski definition) is 3. The van der Waals surface area contributed by atoms with E-state index in [1.807, 2.05) is 30.1 Å². The normalized spacial score (nSPS) is 21.9. The maximum atomic E-state index is 13.0. The highest BCUT2D eigenvalue weighted by molar-refractivity contribution is 8.00. The minimum absolute atomic E-state index is 0.00955. The molecule has 0 bridgehead atoms. The van der Waals surface area contributed by atoms with Crippen molar-refractivity contribution in [2.24, 2.45) is 0 Å². The third-order valence-corrected chi connectivity index (χ3v) is 6.77. The summed E-state index contributed by atoms with van der Waals surface area (Å²) in [6.45, 7) is 0. The Morgan fingerprint density at radius 2 is 1.81 bits per heavy atom. The Morgan fingerprint density at radius 3 is 2.56 bits per heavy atom. The first-order chi connectivity index (χ1) is 13.1. The molecular weight excluding hydrogens is 356 g/mol. The molecule has 2 aromatic carbocycles. The Balaban J connectivity index is 1.41. The Kier molecular flexibility index (Phi) is 5.21. The Morgan fingerprint density at radius 1 is 1.07 bits per heavy atom. The molecule has 140 valence electrons. The second-order valence-electron chi connectivity index (χ2n) is 7.38. The molecule has 0 aromatic heterocycles. The molecular formula is C22H24N2O2S. The summed E-state index contributed by atoms with van der Waals surface area (Å²) < 4.78 is 0. The summed E-state index contributed by atoms with van der Waals surface area (Å²) in [4.78, 5) is 27.5. The number of thioether (sulfide) groups is 1. The van der Waals surface area contributed by atoms with Crippen LogP contribution in [0.5, 0.6) is 0 Å². The summed E-state index contributed by atoms with van der Waals surface area (Å²) >= 11 is 1.51. The van der Waals surface area contributed by atoms with Gasteiger partial charge in [0.2, 0.25) is 5.91 Å². The molecule has 4 rings (SSSR count). The van der Waals surface area contributed by atoms with Crippen LogP contribution in [0.1, 0.15) is 47.5 Å². The van der Waals surface area contributed by atoms with Crippen LogP contribution in [0.2, 0.25) is 0 Å². The number of carbonyl (C=O) groups excluding carboxylic acids is 2. The first-order valence-corrected chi connectivity index (χ1v) is 10.5. The fourth-order valence-electron chi connectivity index (χ4n) is 4.11. The molecule has 2 aliphatic rings. The van der Waals surface area contributed by atoms with Crippen molar-refractivity contribution in [1.82, 2.24) is 4.90 Å². The largest absolute Gasteiger partial charge is 0.339 e. The van der Waals surface area contributed by atoms with Gasteiger partial charge < -0.3 is 10.2 Å². The molecule has 0 saturated heterocycles. The van der Waals surface area contributed by atoms with E-state index in [0.717, 1.165) is 36.3 Å². The lowest BCUT2D eigenvalue weighted by Gasteiger charge is -2.35. The average Bonchev–Trinajstić information content (AvgIpc) is 2.73. The van der Waals surface area contributed by atoms with Gasteiger partial charge in [-0.25, -0.2) is 0 Å². The third-order valence-electron chi connectivity index (χ3n) is 5.70. The number of amides is 2. The highest BCUT2D eigenvalue weighted by Gasteiger charge is 2.28. The summed E-state index contributed by atoms with van der Waals surface area (Å²) in [5, 5.41) is 2.87. The number of benzene rings is 2. The standard InChI is InChI=1S/C22H24N2O2S/c1-24(18-10-7-16(8-11-18)15-5-3-2-4-6-15)22(26)17-9-12-20-19(13-17)23-21(25)14-27-20/h2-6,9,12-13,16,18H,7-8,10-11,14H2,1H3,(H,23,25). The summed E-state index contributed by atoms with van der Waals surface area (Å²) in [6.07, 6.45) is 4.28. The highest BCUT2D eigenvalue weighted by atomic mass is 32.2. The van der Waals surface area contributed by atoms with E-state index >= 15 is 0 Å². The zero-order valence-corrected chi connectivity index (χ0v) is 16.3. The lowest BCUT2D eigenvalue weighted by Crippen LogP contribution is -2.39. The number of nitrogens with zero attached hydrogens (tertiary/aromatic N) is 1. The molecule has 0 radical (unpaired) electrons. The smallest absolute Gasteiger partial charge is 0.253 e. The minimum atomic E-state index is -0.00955. The molecule has 1 saturated carbocycles. The van der Waals surface area contributed by atoms with Gasteiger partial charge in [-0.2, -0.15) is 0 Å². The van der Waals surface area contributed by atoms with Crippen molar-refractivity contribution in [3.05, 3.63) is 59.7 Å². The summed E-state index contributed by atoms with van der Waals surface area (Å²) in [5.41, 5.74) is 2.81. The van der Waals surface area contributed by atoms with Crippen molar-refractivity contribution < 1.29 is 9.59 Å². The van der Waals surface area contributed by atoms with Gasteiger partial charge in [-0.1, -0.05) is 30.3 Å². The molecule has 1 N–H and O–H groups in total. The molecule has 1 heterocycles. The quantitative estimate of drug-likeness (QED) is 0.851. The van der Waals surface area contributed by atoms with Crippen LogP contribution in [0, 0.1) is 0 Å². The predicted octanol–water partition coefficient (Wildman–Crippen LogP) is 4.53. The summed E-state index contributed by atoms with van der Waals surface area (Å²) in [6, 6.07) is 16.6. The number of carbonyl (C=O) groups is 2. The number of nitrogens with one attached hydrogen (secondary N) is 1. The SMILES string of the molecule is CN(C(=O)c1ccc2c(c1)NC(=O)CS2)C1CCC(c2ccccc2)CC1. The van der Waals surface area contributed by atoms with Gasteiger partial charge in [0.25, 0.3) is 5.91 Å². The molecule has 0 atom stereocenters. The number of rotatable bonds is 3. The van der Waals surface area contributed by atoms with E-state index in [4.69, 9.17) is 0 Å². The topological polar surface area (TPSA) is 49.4 Å². The van der Waals surface area contributed by atoms with Crippen LogP contribution in [0.25, 0.3) is 0 Å². The molecule has 0 spiro atoms. The van der Waals surface area contributed by atoms with Crippen LogP contribution < -0.4 is 5.32 Å². The molecule has 1 aliphatic carbocycles. The summed E-state index contributed by atoms with van der Waals surface area (Å²) in [5.74, 6) is 1.06. The molecule has 2 aromatic rings. The van der Waals surface area contributed by atoms with E-state index in [1.54, 1.807) is 0 Å². The number of anilines is 1. The zero-order chi connectivity index (χ0) is 18.8. The molecule has 2 amide bonds. The van der Waals surface area contributed by atoms with Gasteiger partial charge in [0.1, 0.15) is 0 Å². The van der Waals surface area contributed by atoms with Gasteiger partial charge in [0.05, 0.1) is 11.4 Å². The fourth-order valence-corrected chi connectivity index (χ4v) is 4.90. The Labute approximate surface area is 164 Å². The molecule has 1 fully saturated rings. The molecule has 0 unspecified atom stereocenters. The van der Waals surface area contributed by atoms with Crippen molar-refractivity contribution in [2.75, 3.05) is 18.1 Å². The molecule has 4 nitrogen and oxygen atoms in total. The minimum Gasteiger partial charge on any atom is -0.339 e. The van der Waals surface area contributed by atoms with Crippen LogP contribution in [0.4, 0.5) is 5.69 Å². The number of fused-ring (bicyclic) bond motifs is 1. The van der Waals surface area contributed by atoms with E-state index in [2.05, 4.69) is 35.6 Å². The number of hydrogen-bond donors (Lipinski definition) is 1. The second kappa shape index (κ2) is 7.77. The van der Waals surface area contributed by atoms with Gasteiger partial charge in [-0.05, 0) is 55.4 Å². The Hall–Kier alpha value is -2.27. The van der Waals surface area contributed by atoms with E-state index in [-0.39, 0.29) is 17.9 Å². The van der Waals surface area contributed by atoms with Crippen LogP contribution in [0.3, 0.4) is 0 Å². The van der Waals surface area contributed by atoms with Crippen LogP contribution in [0.15, 0.2) is 53.4 Å². The van der Waals surface area contributed by atoms with E-state index < -0.39 is 0 Å². The van der Waals surface area contributed by atoms with Gasteiger partial charge in [-0.15, -0.1) is 11.8 Å². The van der Waals surface area contributed by atoms with Crippen molar-refractivity contribution >= 4 is 29.3 Å². The second-order valence-corrected chi connectivity index (χ2v) is 8.40. The third kappa shape index (κ3) is 3.88. The van der Waals surface area contributed by atoms with Crippen molar-refractivity contribution in [3.63, 3.8) is 0 Å². The van der Waals surface area contributed by atoms with Crippen molar-refractivity contribution in [1.29, 1.82) is 0 Å². The summed E-state index contributed by atoms with van der Waals surface area (Å²) in [7, 11) is 1.91. The predicted molar refractivity (Wildman–Crippen MR) is 109 cm³/mol. The zero-order valence-electron chi connectivity index (χ0n) is 15.5. The molecule has 5 heteroatoms. The van der Waals surface area contributed by atoms with Gasteiger partial charge in [0.15, 0.2) is 0 Å². The van der Waals surface area contributed by atoms with Gasteiger partial charge in [0, 0.05) is 23.5 Å². The monoisotopic (exact) mass is 380 g/mol. The average molecular weight is 381 g/mol. The molecule has 1 aliphatic heterocycles. The van der Waals surface area contributed by atoms with E-state index in [1.165, 1.54) is 17.3 Å². The van der Waals surface area contributed by atoms with Crippen molar-refractivity contribution in [2.45, 2.75) is 42.5 Å². The lowest BCUT2D eigenvalue weighted by molar-refractivity contribution is -0.113. The van der Waals surface area contributed by atoms with Crippen LogP contribution in [-0.2, 0) is 4.79 Å². The van der Waals surface area contributed by atoms with Crippen LogP contribution in [-0.4, -0.2) is 35.6 Å². The maximum absolute atomic E-state index is 13.0. The fraction of sp³-hybridized carbons (Fsp3) is 0.364. The van der Waals surface area contributed by atoms with Crippen molar-refractivity contribution in [3.8, 4) is 0 Å². The first-order valence-electron chi connectivity index (χ1n) is 9.50. The van der Waals surface area contributed by atoms with Gasteiger partial charge in [-0.3, -0.25) is 9.59 Å². The lowest BCUT2D eigenvalue weighted by atomic mass is 9.81. The molecule has 27 heavy (non-hydrogen) atoms. The Bertz CT molecular complexity index is 845. The maximum Gasteiger partial charge on any atom is 0.253 e. The highest BCUT2D eigenvalue weighted by Crippen LogP contribution is 2.36.